The Labute approximate surface area is 229 Å². The van der Waals surface area contributed by atoms with Crippen LogP contribution in [0.15, 0.2) is 24.3 Å². The van der Waals surface area contributed by atoms with Crippen molar-refractivity contribution in [3.8, 4) is 17.7 Å². The number of aryl methyl sites for hydroxylation is 3. The van der Waals surface area contributed by atoms with Crippen molar-refractivity contribution in [2.75, 3.05) is 4.90 Å². The van der Waals surface area contributed by atoms with Gasteiger partial charge < -0.3 is 9.84 Å². The van der Waals surface area contributed by atoms with Crippen LogP contribution >= 0.6 is 0 Å². The number of rotatable bonds is 6. The molecule has 2 aliphatic rings. The first kappa shape index (κ1) is 26.7. The van der Waals surface area contributed by atoms with Gasteiger partial charge in [0.05, 0.1) is 17.1 Å². The van der Waals surface area contributed by atoms with Gasteiger partial charge in [-0.3, -0.25) is 19.2 Å². The van der Waals surface area contributed by atoms with Gasteiger partial charge in [-0.1, -0.05) is 25.8 Å². The van der Waals surface area contributed by atoms with E-state index in [9.17, 15) is 14.7 Å². The lowest BCUT2D eigenvalue weighted by atomic mass is 9.68. The van der Waals surface area contributed by atoms with E-state index in [1.54, 1.807) is 16.5 Å². The lowest BCUT2D eigenvalue weighted by Gasteiger charge is -2.39. The highest BCUT2D eigenvalue weighted by Gasteiger charge is 2.42. The van der Waals surface area contributed by atoms with Crippen LogP contribution in [0.3, 0.4) is 0 Å². The highest BCUT2D eigenvalue weighted by molar-refractivity contribution is 6.11. The standard InChI is InChI=1S/C31H36N4O4/c1-7-8-27(36)35(25-16-19(3)18(2)15-22(25)20-9-10-20)26-14-13-24-28(32-26)29(33-34(24)6)39-21-11-12-23(30(37)38)31(4,5)17-21/h13-16,20-21,23H,9-12,17H2,1-6H3,(H,37,38)/t21-,23-/m1/s1. The largest absolute Gasteiger partial charge is 0.481 e. The summed E-state index contributed by atoms with van der Waals surface area (Å²) in [6.07, 6.45) is 3.80. The van der Waals surface area contributed by atoms with Crippen molar-refractivity contribution in [1.29, 1.82) is 0 Å². The Balaban J connectivity index is 1.55. The second-order valence-electron chi connectivity index (χ2n) is 11.7. The molecule has 1 amide bonds. The molecule has 5 rings (SSSR count). The van der Waals surface area contributed by atoms with Crippen LogP contribution in [0.5, 0.6) is 5.88 Å². The molecule has 8 heteroatoms. The van der Waals surface area contributed by atoms with Crippen LogP contribution < -0.4 is 9.64 Å². The van der Waals surface area contributed by atoms with Gasteiger partial charge >= 0.3 is 11.9 Å². The fourth-order valence-electron chi connectivity index (χ4n) is 5.83. The van der Waals surface area contributed by atoms with E-state index in [1.807, 2.05) is 40.0 Å². The number of carbonyl (C=O) groups is 2. The first-order chi connectivity index (χ1) is 18.5. The molecule has 0 bridgehead atoms. The summed E-state index contributed by atoms with van der Waals surface area (Å²) in [6, 6.07) is 7.98. The normalized spacial score (nSPS) is 20.3. The van der Waals surface area contributed by atoms with Gasteiger partial charge in [-0.2, -0.15) is 0 Å². The third kappa shape index (κ3) is 5.10. The fourth-order valence-corrected chi connectivity index (χ4v) is 5.83. The number of amides is 1. The third-order valence-electron chi connectivity index (χ3n) is 8.27. The van der Waals surface area contributed by atoms with Crippen LogP contribution in [-0.2, 0) is 16.6 Å². The number of nitrogens with zero attached hydrogens (tertiary/aromatic N) is 4. The molecule has 2 atom stereocenters. The van der Waals surface area contributed by atoms with Gasteiger partial charge in [0.2, 0.25) is 0 Å². The van der Waals surface area contributed by atoms with Crippen LogP contribution in [0.2, 0.25) is 0 Å². The van der Waals surface area contributed by atoms with Crippen molar-refractivity contribution >= 4 is 34.4 Å². The summed E-state index contributed by atoms with van der Waals surface area (Å²) >= 11 is 0. The fraction of sp³-hybridized carbons (Fsp3) is 0.484. The molecule has 0 unspecified atom stereocenters. The monoisotopic (exact) mass is 528 g/mol. The number of fused-ring (bicyclic) bond motifs is 1. The molecule has 1 aromatic carbocycles. The highest BCUT2D eigenvalue weighted by Crippen LogP contribution is 2.47. The Bertz CT molecular complexity index is 1520. The predicted octanol–water partition coefficient (Wildman–Crippen LogP) is 5.81. The van der Waals surface area contributed by atoms with E-state index in [1.165, 1.54) is 5.56 Å². The van der Waals surface area contributed by atoms with Crippen LogP contribution in [0.25, 0.3) is 11.0 Å². The smallest absolute Gasteiger partial charge is 0.308 e. The molecule has 3 aromatic rings. The number of hydrogen-bond donors (Lipinski definition) is 1. The highest BCUT2D eigenvalue weighted by atomic mass is 16.5. The Morgan fingerprint density at radius 2 is 1.85 bits per heavy atom. The predicted molar refractivity (Wildman–Crippen MR) is 150 cm³/mol. The van der Waals surface area contributed by atoms with Crippen LogP contribution in [0, 0.1) is 37.0 Å². The molecule has 1 N–H and O–H groups in total. The maximum Gasteiger partial charge on any atom is 0.308 e. The molecule has 2 fully saturated rings. The van der Waals surface area contributed by atoms with E-state index in [-0.39, 0.29) is 12.0 Å². The Morgan fingerprint density at radius 1 is 1.13 bits per heavy atom. The van der Waals surface area contributed by atoms with Crippen LogP contribution in [-0.4, -0.2) is 37.9 Å². The number of carboxylic acids is 1. The number of anilines is 2. The number of ether oxygens (including phenoxy) is 1. The molecule has 0 radical (unpaired) electrons. The summed E-state index contributed by atoms with van der Waals surface area (Å²) < 4.78 is 8.11. The van der Waals surface area contributed by atoms with Crippen molar-refractivity contribution in [2.24, 2.45) is 18.4 Å². The van der Waals surface area contributed by atoms with Crippen LogP contribution in [0.1, 0.15) is 75.5 Å². The molecule has 2 saturated carbocycles. The van der Waals surface area contributed by atoms with E-state index in [4.69, 9.17) is 9.72 Å². The Kier molecular flexibility index (Phi) is 6.88. The van der Waals surface area contributed by atoms with Crippen molar-refractivity contribution < 1.29 is 19.4 Å². The molecule has 2 aromatic heterocycles. The van der Waals surface area contributed by atoms with E-state index in [2.05, 4.69) is 36.0 Å². The molecular formula is C31H36N4O4. The zero-order chi connectivity index (χ0) is 28.1. The van der Waals surface area contributed by atoms with E-state index in [0.717, 1.165) is 35.2 Å². The number of pyridine rings is 1. The van der Waals surface area contributed by atoms with E-state index < -0.39 is 17.3 Å². The minimum absolute atomic E-state index is 0.177. The number of aromatic nitrogens is 3. The number of carbonyl (C=O) groups excluding carboxylic acids is 1. The van der Waals surface area contributed by atoms with Gasteiger partial charge in [-0.25, -0.2) is 4.98 Å². The molecular weight excluding hydrogens is 492 g/mol. The van der Waals surface area contributed by atoms with Gasteiger partial charge in [0, 0.05) is 7.05 Å². The molecule has 0 spiro atoms. The first-order valence-electron chi connectivity index (χ1n) is 13.6. The minimum Gasteiger partial charge on any atom is -0.481 e. The number of hydrogen-bond acceptors (Lipinski definition) is 5. The Morgan fingerprint density at radius 3 is 2.49 bits per heavy atom. The molecule has 8 nitrogen and oxygen atoms in total. The summed E-state index contributed by atoms with van der Waals surface area (Å²) in [4.78, 5) is 31.7. The molecule has 0 saturated heterocycles. The molecule has 2 aliphatic carbocycles. The lowest BCUT2D eigenvalue weighted by molar-refractivity contribution is -0.149. The maximum atomic E-state index is 13.4. The number of benzene rings is 1. The summed E-state index contributed by atoms with van der Waals surface area (Å²) in [7, 11) is 1.84. The van der Waals surface area contributed by atoms with Gasteiger partial charge in [0.1, 0.15) is 11.9 Å². The number of aliphatic carboxylic acids is 1. The summed E-state index contributed by atoms with van der Waals surface area (Å²) in [6.45, 7) is 9.76. The van der Waals surface area contributed by atoms with Gasteiger partial charge in [0.25, 0.3) is 5.88 Å². The van der Waals surface area contributed by atoms with E-state index >= 15 is 0 Å². The average molecular weight is 529 g/mol. The molecule has 2 heterocycles. The maximum absolute atomic E-state index is 13.4. The second-order valence-corrected chi connectivity index (χ2v) is 11.7. The Hall–Kier alpha value is -3.86. The molecule has 0 aliphatic heterocycles. The topological polar surface area (TPSA) is 97.6 Å². The lowest BCUT2D eigenvalue weighted by Crippen LogP contribution is -2.41. The SMILES string of the molecule is CC#CC(=O)N(c1ccc2c(n1)c(O[C@@H]1CC[C@H](C(=O)O)C(C)(C)C1)nn2C)c1cc(C)c(C)cc1C1CC1. The quantitative estimate of drug-likeness (QED) is 0.406. The first-order valence-corrected chi connectivity index (χ1v) is 13.6. The summed E-state index contributed by atoms with van der Waals surface area (Å²) in [5.74, 6) is 5.25. The van der Waals surface area contributed by atoms with Gasteiger partial charge in [-0.15, -0.1) is 5.10 Å². The average Bonchev–Trinajstić information content (AvgIpc) is 3.66. The van der Waals surface area contributed by atoms with Crippen molar-refractivity contribution in [3.05, 3.63) is 41.0 Å². The van der Waals surface area contributed by atoms with E-state index in [0.29, 0.717) is 42.4 Å². The van der Waals surface area contributed by atoms with Crippen LogP contribution in [0.4, 0.5) is 11.5 Å². The second kappa shape index (κ2) is 10.0. The van der Waals surface area contributed by atoms with Crippen molar-refractivity contribution in [2.45, 2.75) is 78.7 Å². The molecule has 39 heavy (non-hydrogen) atoms. The minimum atomic E-state index is -0.759. The summed E-state index contributed by atoms with van der Waals surface area (Å²) in [5.41, 5.74) is 5.20. The zero-order valence-electron chi connectivity index (χ0n) is 23.5. The zero-order valence-corrected chi connectivity index (χ0v) is 23.5. The van der Waals surface area contributed by atoms with Crippen molar-refractivity contribution in [3.63, 3.8) is 0 Å². The number of carboxylic acid groups (broad SMARTS) is 1. The van der Waals surface area contributed by atoms with Gasteiger partial charge in [0.15, 0.2) is 5.52 Å². The summed E-state index contributed by atoms with van der Waals surface area (Å²) in [5, 5.41) is 14.2. The third-order valence-corrected chi connectivity index (χ3v) is 8.27. The van der Waals surface area contributed by atoms with Crippen molar-refractivity contribution in [1.82, 2.24) is 14.8 Å². The molecule has 204 valence electrons. The van der Waals surface area contributed by atoms with Gasteiger partial charge in [-0.05, 0) is 105 Å².